The van der Waals surface area contributed by atoms with Crippen molar-refractivity contribution in [3.63, 3.8) is 0 Å². The van der Waals surface area contributed by atoms with E-state index in [9.17, 15) is 4.79 Å². The zero-order valence-electron chi connectivity index (χ0n) is 12.1. The number of hydrogen-bond acceptors (Lipinski definition) is 2. The van der Waals surface area contributed by atoms with Gasteiger partial charge in [-0.1, -0.05) is 17.7 Å². The molecule has 3 heteroatoms. The van der Waals surface area contributed by atoms with E-state index in [1.54, 1.807) is 0 Å². The predicted octanol–water partition coefficient (Wildman–Crippen LogP) is 2.60. The van der Waals surface area contributed by atoms with E-state index >= 15 is 0 Å². The Kier molecular flexibility index (Phi) is 4.59. The Bertz CT molecular complexity index is 417. The Balaban J connectivity index is 1.85. The smallest absolute Gasteiger partial charge is 0.251 e. The van der Waals surface area contributed by atoms with E-state index in [4.69, 9.17) is 0 Å². The molecule has 1 heterocycles. The van der Waals surface area contributed by atoms with Crippen LogP contribution in [0.3, 0.4) is 0 Å². The molecule has 0 aliphatic carbocycles. The molecule has 1 amide bonds. The number of aryl methyl sites for hydroxylation is 1. The van der Waals surface area contributed by atoms with Gasteiger partial charge in [0.05, 0.1) is 0 Å². The normalized spacial score (nSPS) is 17.7. The molecule has 1 saturated heterocycles. The number of nitrogens with zero attached hydrogens (tertiary/aromatic N) is 1. The summed E-state index contributed by atoms with van der Waals surface area (Å²) in [5.41, 5.74) is 1.94. The second-order valence-electron chi connectivity index (χ2n) is 5.74. The summed E-state index contributed by atoms with van der Waals surface area (Å²) in [6.45, 7) is 8.65. The minimum Gasteiger partial charge on any atom is -0.349 e. The van der Waals surface area contributed by atoms with Gasteiger partial charge in [0.1, 0.15) is 0 Å². The maximum Gasteiger partial charge on any atom is 0.251 e. The van der Waals surface area contributed by atoms with Crippen LogP contribution in [0.15, 0.2) is 24.3 Å². The molecular weight excluding hydrogens is 236 g/mol. The Morgan fingerprint density at radius 3 is 2.32 bits per heavy atom. The molecular formula is C16H24N2O. The number of carbonyl (C=O) groups excluding carboxylic acids is 1. The molecule has 1 N–H and O–H groups in total. The van der Waals surface area contributed by atoms with Gasteiger partial charge in [-0.05, 0) is 45.7 Å². The Labute approximate surface area is 116 Å². The van der Waals surface area contributed by atoms with Crippen molar-refractivity contribution in [1.29, 1.82) is 0 Å². The van der Waals surface area contributed by atoms with Gasteiger partial charge in [-0.25, -0.2) is 0 Å². The maximum atomic E-state index is 12.1. The summed E-state index contributed by atoms with van der Waals surface area (Å²) in [4.78, 5) is 14.6. The van der Waals surface area contributed by atoms with Crippen molar-refractivity contribution in [3.05, 3.63) is 35.4 Å². The number of piperidine rings is 1. The van der Waals surface area contributed by atoms with Crippen molar-refractivity contribution in [2.45, 2.75) is 45.7 Å². The average Bonchev–Trinajstić information content (AvgIpc) is 2.40. The molecule has 0 radical (unpaired) electrons. The van der Waals surface area contributed by atoms with Crippen LogP contribution in [0, 0.1) is 6.92 Å². The minimum absolute atomic E-state index is 0.0583. The molecule has 19 heavy (non-hydrogen) atoms. The lowest BCUT2D eigenvalue weighted by molar-refractivity contribution is 0.0900. The summed E-state index contributed by atoms with van der Waals surface area (Å²) in [7, 11) is 0. The number of likely N-dealkylation sites (tertiary alicyclic amines) is 1. The monoisotopic (exact) mass is 260 g/mol. The lowest BCUT2D eigenvalue weighted by Gasteiger charge is -2.34. The molecule has 1 aromatic carbocycles. The van der Waals surface area contributed by atoms with Crippen LogP contribution in [-0.2, 0) is 0 Å². The molecule has 0 saturated carbocycles. The predicted molar refractivity (Wildman–Crippen MR) is 78.4 cm³/mol. The fraction of sp³-hybridized carbons (Fsp3) is 0.562. The number of hydrogen-bond donors (Lipinski definition) is 1. The van der Waals surface area contributed by atoms with E-state index in [0.29, 0.717) is 12.1 Å². The summed E-state index contributed by atoms with van der Waals surface area (Å²) in [5, 5.41) is 3.15. The van der Waals surface area contributed by atoms with E-state index < -0.39 is 0 Å². The SMILES string of the molecule is Cc1ccc(C(=O)NC2CCN(C(C)C)CC2)cc1. The summed E-state index contributed by atoms with van der Waals surface area (Å²) in [6, 6.07) is 8.69. The lowest BCUT2D eigenvalue weighted by atomic mass is 10.0. The topological polar surface area (TPSA) is 32.3 Å². The average molecular weight is 260 g/mol. The first-order chi connectivity index (χ1) is 9.06. The largest absolute Gasteiger partial charge is 0.349 e. The summed E-state index contributed by atoms with van der Waals surface area (Å²) in [6.07, 6.45) is 2.10. The van der Waals surface area contributed by atoms with Gasteiger partial charge in [-0.3, -0.25) is 4.79 Å². The minimum atomic E-state index is 0.0583. The molecule has 0 atom stereocenters. The summed E-state index contributed by atoms with van der Waals surface area (Å²) < 4.78 is 0. The van der Waals surface area contributed by atoms with Crippen LogP contribution in [-0.4, -0.2) is 36.0 Å². The highest BCUT2D eigenvalue weighted by Crippen LogP contribution is 2.13. The fourth-order valence-electron chi connectivity index (χ4n) is 2.53. The number of amides is 1. The second-order valence-corrected chi connectivity index (χ2v) is 5.74. The molecule has 2 rings (SSSR count). The third-order valence-corrected chi connectivity index (χ3v) is 3.91. The quantitative estimate of drug-likeness (QED) is 0.906. The Morgan fingerprint density at radius 2 is 1.79 bits per heavy atom. The maximum absolute atomic E-state index is 12.1. The van der Waals surface area contributed by atoms with Crippen molar-refractivity contribution in [2.24, 2.45) is 0 Å². The standard InChI is InChI=1S/C16H24N2O/c1-12(2)18-10-8-15(9-11-18)17-16(19)14-6-4-13(3)5-7-14/h4-7,12,15H,8-11H2,1-3H3,(H,17,19). The van der Waals surface area contributed by atoms with Crippen LogP contribution in [0.4, 0.5) is 0 Å². The highest BCUT2D eigenvalue weighted by atomic mass is 16.1. The third-order valence-electron chi connectivity index (χ3n) is 3.91. The van der Waals surface area contributed by atoms with Gasteiger partial charge in [0.15, 0.2) is 0 Å². The lowest BCUT2D eigenvalue weighted by Crippen LogP contribution is -2.46. The van der Waals surface area contributed by atoms with Gasteiger partial charge in [0, 0.05) is 30.7 Å². The number of carbonyl (C=O) groups is 1. The van der Waals surface area contributed by atoms with E-state index in [2.05, 4.69) is 24.1 Å². The fourth-order valence-corrected chi connectivity index (χ4v) is 2.53. The molecule has 1 aliphatic rings. The molecule has 1 aliphatic heterocycles. The van der Waals surface area contributed by atoms with Crippen molar-refractivity contribution in [3.8, 4) is 0 Å². The first-order valence-electron chi connectivity index (χ1n) is 7.18. The molecule has 3 nitrogen and oxygen atoms in total. The van der Waals surface area contributed by atoms with Gasteiger partial charge in [0.2, 0.25) is 0 Å². The molecule has 1 fully saturated rings. The van der Waals surface area contributed by atoms with E-state index in [0.717, 1.165) is 31.5 Å². The molecule has 0 bridgehead atoms. The first-order valence-corrected chi connectivity index (χ1v) is 7.18. The molecule has 0 aromatic heterocycles. The number of benzene rings is 1. The molecule has 104 valence electrons. The summed E-state index contributed by atoms with van der Waals surface area (Å²) in [5.74, 6) is 0.0583. The second kappa shape index (κ2) is 6.20. The van der Waals surface area contributed by atoms with Gasteiger partial charge in [0.25, 0.3) is 5.91 Å². The van der Waals surface area contributed by atoms with Crippen molar-refractivity contribution in [1.82, 2.24) is 10.2 Å². The highest BCUT2D eigenvalue weighted by molar-refractivity contribution is 5.94. The van der Waals surface area contributed by atoms with Crippen LogP contribution < -0.4 is 5.32 Å². The van der Waals surface area contributed by atoms with Crippen LogP contribution in [0.2, 0.25) is 0 Å². The zero-order chi connectivity index (χ0) is 13.8. The summed E-state index contributed by atoms with van der Waals surface area (Å²) >= 11 is 0. The molecule has 0 unspecified atom stereocenters. The van der Waals surface area contributed by atoms with E-state index in [-0.39, 0.29) is 5.91 Å². The van der Waals surface area contributed by atoms with Crippen LogP contribution in [0.1, 0.15) is 42.6 Å². The van der Waals surface area contributed by atoms with E-state index in [1.165, 1.54) is 5.56 Å². The van der Waals surface area contributed by atoms with Gasteiger partial charge >= 0.3 is 0 Å². The van der Waals surface area contributed by atoms with Crippen LogP contribution in [0.25, 0.3) is 0 Å². The molecule has 0 spiro atoms. The Morgan fingerprint density at radius 1 is 1.21 bits per heavy atom. The van der Waals surface area contributed by atoms with Gasteiger partial charge in [-0.2, -0.15) is 0 Å². The van der Waals surface area contributed by atoms with Crippen molar-refractivity contribution in [2.75, 3.05) is 13.1 Å². The zero-order valence-corrected chi connectivity index (χ0v) is 12.1. The van der Waals surface area contributed by atoms with Crippen molar-refractivity contribution >= 4 is 5.91 Å². The van der Waals surface area contributed by atoms with Gasteiger partial charge < -0.3 is 10.2 Å². The van der Waals surface area contributed by atoms with Gasteiger partial charge in [-0.15, -0.1) is 0 Å². The highest BCUT2D eigenvalue weighted by Gasteiger charge is 2.22. The third kappa shape index (κ3) is 3.80. The van der Waals surface area contributed by atoms with E-state index in [1.807, 2.05) is 31.2 Å². The Hall–Kier alpha value is -1.35. The number of nitrogens with one attached hydrogen (secondary N) is 1. The molecule has 1 aromatic rings. The van der Waals surface area contributed by atoms with Crippen LogP contribution in [0.5, 0.6) is 0 Å². The van der Waals surface area contributed by atoms with Crippen LogP contribution >= 0.6 is 0 Å². The van der Waals surface area contributed by atoms with Crippen molar-refractivity contribution < 1.29 is 4.79 Å². The number of rotatable bonds is 3. The first kappa shape index (κ1) is 14.1.